The van der Waals surface area contributed by atoms with Gasteiger partial charge in [0.1, 0.15) is 5.70 Å². The number of aryl methyl sites for hydroxylation is 2. The highest BCUT2D eigenvalue weighted by Crippen LogP contribution is 2.34. The van der Waals surface area contributed by atoms with E-state index < -0.39 is 11.8 Å². The fourth-order valence-corrected chi connectivity index (χ4v) is 3.71. The summed E-state index contributed by atoms with van der Waals surface area (Å²) in [4.78, 5) is 39.4. The normalized spacial score (nSPS) is 13.2. The molecule has 0 fully saturated rings. The number of hydrogen-bond donors (Lipinski definition) is 2. The molecule has 0 spiro atoms. The summed E-state index contributed by atoms with van der Waals surface area (Å²) in [7, 11) is 0. The van der Waals surface area contributed by atoms with Crippen LogP contribution in [0, 0.1) is 25.2 Å². The average molecular weight is 450 g/mol. The number of amides is 3. The third-order valence-electron chi connectivity index (χ3n) is 5.61. The molecule has 4 rings (SSSR count). The van der Waals surface area contributed by atoms with Crippen molar-refractivity contribution in [1.82, 2.24) is 0 Å². The Morgan fingerprint density at radius 1 is 0.853 bits per heavy atom. The predicted octanol–water partition coefficient (Wildman–Crippen LogP) is 4.53. The lowest BCUT2D eigenvalue weighted by molar-refractivity contribution is -0.120. The zero-order chi connectivity index (χ0) is 24.4. The molecule has 1 heterocycles. The van der Waals surface area contributed by atoms with Gasteiger partial charge in [0.05, 0.1) is 22.9 Å². The first-order valence-electron chi connectivity index (χ1n) is 10.6. The maximum atomic E-state index is 13.5. The topological polar surface area (TPSA) is 102 Å². The Labute approximate surface area is 197 Å². The fraction of sp³-hybridized carbons (Fsp3) is 0.111. The predicted molar refractivity (Wildman–Crippen MR) is 131 cm³/mol. The van der Waals surface area contributed by atoms with E-state index in [0.717, 1.165) is 16.0 Å². The Morgan fingerprint density at radius 3 is 2.09 bits per heavy atom. The molecule has 0 aromatic heterocycles. The molecule has 1 aliphatic heterocycles. The standard InChI is InChI=1S/C27H22N4O3/c1-16-4-7-20(14-17(16)2)24-25(30-22-10-8-21(9-11-22)29-18(3)32)27(34)31(26(24)33)23-12-5-19(15-28)6-13-23/h4-14,30H,1-3H3,(H,29,32). The molecule has 0 atom stereocenters. The van der Waals surface area contributed by atoms with Crippen LogP contribution < -0.4 is 15.5 Å². The summed E-state index contributed by atoms with van der Waals surface area (Å²) < 4.78 is 0. The summed E-state index contributed by atoms with van der Waals surface area (Å²) in [6.07, 6.45) is 0. The van der Waals surface area contributed by atoms with Gasteiger partial charge < -0.3 is 10.6 Å². The second-order valence-electron chi connectivity index (χ2n) is 8.04. The molecule has 0 radical (unpaired) electrons. The summed E-state index contributed by atoms with van der Waals surface area (Å²) in [5.74, 6) is -1.13. The van der Waals surface area contributed by atoms with Crippen LogP contribution in [0.3, 0.4) is 0 Å². The minimum absolute atomic E-state index is 0.157. The second kappa shape index (κ2) is 9.04. The van der Waals surface area contributed by atoms with Crippen molar-refractivity contribution < 1.29 is 14.4 Å². The number of benzene rings is 3. The zero-order valence-corrected chi connectivity index (χ0v) is 19.0. The number of nitriles is 1. The number of imide groups is 1. The van der Waals surface area contributed by atoms with Gasteiger partial charge in [-0.15, -0.1) is 0 Å². The van der Waals surface area contributed by atoms with Crippen molar-refractivity contribution in [2.24, 2.45) is 0 Å². The van der Waals surface area contributed by atoms with Gasteiger partial charge in [0.25, 0.3) is 11.8 Å². The molecular weight excluding hydrogens is 428 g/mol. The number of carbonyl (C=O) groups is 3. The minimum Gasteiger partial charge on any atom is -0.350 e. The van der Waals surface area contributed by atoms with Crippen molar-refractivity contribution in [3.8, 4) is 6.07 Å². The highest BCUT2D eigenvalue weighted by Gasteiger charge is 2.40. The Bertz CT molecular complexity index is 1380. The van der Waals surface area contributed by atoms with E-state index >= 15 is 0 Å². The lowest BCUT2D eigenvalue weighted by Crippen LogP contribution is -2.32. The Hall–Kier alpha value is -4.70. The van der Waals surface area contributed by atoms with Crippen molar-refractivity contribution in [2.75, 3.05) is 15.5 Å². The zero-order valence-electron chi connectivity index (χ0n) is 19.0. The van der Waals surface area contributed by atoms with E-state index in [0.29, 0.717) is 28.2 Å². The van der Waals surface area contributed by atoms with Crippen molar-refractivity contribution >= 4 is 40.4 Å². The monoisotopic (exact) mass is 450 g/mol. The van der Waals surface area contributed by atoms with Gasteiger partial charge in [0.15, 0.2) is 0 Å². The van der Waals surface area contributed by atoms with Gasteiger partial charge in [-0.2, -0.15) is 5.26 Å². The van der Waals surface area contributed by atoms with Crippen LogP contribution in [0.5, 0.6) is 0 Å². The Kier molecular flexibility index (Phi) is 5.98. The van der Waals surface area contributed by atoms with E-state index in [-0.39, 0.29) is 17.2 Å². The van der Waals surface area contributed by atoms with Crippen molar-refractivity contribution in [3.63, 3.8) is 0 Å². The van der Waals surface area contributed by atoms with Gasteiger partial charge in [0, 0.05) is 18.3 Å². The van der Waals surface area contributed by atoms with Crippen LogP contribution in [0.1, 0.15) is 29.2 Å². The first-order valence-corrected chi connectivity index (χ1v) is 10.6. The highest BCUT2D eigenvalue weighted by molar-refractivity contribution is 6.46. The summed E-state index contributed by atoms with van der Waals surface area (Å²) >= 11 is 0. The number of nitrogens with one attached hydrogen (secondary N) is 2. The lowest BCUT2D eigenvalue weighted by Gasteiger charge is -2.15. The maximum Gasteiger partial charge on any atom is 0.282 e. The molecule has 0 bridgehead atoms. The average Bonchev–Trinajstić information content (AvgIpc) is 3.06. The summed E-state index contributed by atoms with van der Waals surface area (Å²) in [5.41, 5.74) is 5.16. The molecule has 1 aliphatic rings. The molecule has 2 N–H and O–H groups in total. The van der Waals surface area contributed by atoms with E-state index in [2.05, 4.69) is 10.6 Å². The van der Waals surface area contributed by atoms with E-state index in [4.69, 9.17) is 5.26 Å². The highest BCUT2D eigenvalue weighted by atomic mass is 16.2. The smallest absolute Gasteiger partial charge is 0.282 e. The van der Waals surface area contributed by atoms with Crippen LogP contribution in [0.15, 0.2) is 72.4 Å². The lowest BCUT2D eigenvalue weighted by atomic mass is 9.99. The van der Waals surface area contributed by atoms with Gasteiger partial charge in [-0.1, -0.05) is 18.2 Å². The third kappa shape index (κ3) is 4.30. The SMILES string of the molecule is CC(=O)Nc1ccc(NC2=C(c3ccc(C)c(C)c3)C(=O)N(c3ccc(C#N)cc3)C2=O)cc1. The van der Waals surface area contributed by atoms with E-state index in [9.17, 15) is 14.4 Å². The van der Waals surface area contributed by atoms with E-state index in [1.807, 2.05) is 38.1 Å². The molecule has 0 saturated heterocycles. The summed E-state index contributed by atoms with van der Waals surface area (Å²) in [5, 5.41) is 14.9. The van der Waals surface area contributed by atoms with Crippen LogP contribution in [0.4, 0.5) is 17.1 Å². The molecule has 0 aliphatic carbocycles. The van der Waals surface area contributed by atoms with Crippen LogP contribution in [-0.2, 0) is 14.4 Å². The number of anilines is 3. The molecule has 0 saturated carbocycles. The second-order valence-corrected chi connectivity index (χ2v) is 8.04. The molecule has 34 heavy (non-hydrogen) atoms. The van der Waals surface area contributed by atoms with Gasteiger partial charge in [-0.05, 0) is 79.1 Å². The van der Waals surface area contributed by atoms with Gasteiger partial charge in [-0.25, -0.2) is 4.90 Å². The van der Waals surface area contributed by atoms with Gasteiger partial charge in [-0.3, -0.25) is 14.4 Å². The van der Waals surface area contributed by atoms with Crippen LogP contribution in [0.2, 0.25) is 0 Å². The summed E-state index contributed by atoms with van der Waals surface area (Å²) in [6.45, 7) is 5.36. The van der Waals surface area contributed by atoms with Crippen molar-refractivity contribution in [2.45, 2.75) is 20.8 Å². The molecule has 3 amide bonds. The van der Waals surface area contributed by atoms with Crippen molar-refractivity contribution in [1.29, 1.82) is 5.26 Å². The van der Waals surface area contributed by atoms with Gasteiger partial charge >= 0.3 is 0 Å². The Balaban J connectivity index is 1.77. The van der Waals surface area contributed by atoms with Crippen LogP contribution >= 0.6 is 0 Å². The number of rotatable bonds is 5. The first-order chi connectivity index (χ1) is 16.3. The molecule has 7 heteroatoms. The van der Waals surface area contributed by atoms with Gasteiger partial charge in [0.2, 0.25) is 5.91 Å². The van der Waals surface area contributed by atoms with Crippen LogP contribution in [-0.4, -0.2) is 17.7 Å². The molecule has 3 aromatic rings. The van der Waals surface area contributed by atoms with E-state index in [1.54, 1.807) is 48.5 Å². The molecule has 3 aromatic carbocycles. The first kappa shape index (κ1) is 22.5. The Morgan fingerprint density at radius 2 is 1.50 bits per heavy atom. The molecule has 7 nitrogen and oxygen atoms in total. The third-order valence-corrected chi connectivity index (χ3v) is 5.61. The molecular formula is C27H22N4O3. The number of hydrogen-bond acceptors (Lipinski definition) is 5. The minimum atomic E-state index is -0.492. The van der Waals surface area contributed by atoms with Crippen LogP contribution in [0.25, 0.3) is 5.57 Å². The quantitative estimate of drug-likeness (QED) is 0.556. The molecule has 0 unspecified atom stereocenters. The number of nitrogens with zero attached hydrogens (tertiary/aromatic N) is 2. The molecule has 168 valence electrons. The largest absolute Gasteiger partial charge is 0.350 e. The van der Waals surface area contributed by atoms with E-state index in [1.165, 1.54) is 6.92 Å². The van der Waals surface area contributed by atoms with Crippen molar-refractivity contribution in [3.05, 3.63) is 94.7 Å². The fourth-order valence-electron chi connectivity index (χ4n) is 3.71. The summed E-state index contributed by atoms with van der Waals surface area (Å²) in [6, 6.07) is 20.8. The number of carbonyl (C=O) groups excluding carboxylic acids is 3. The maximum absolute atomic E-state index is 13.5.